The van der Waals surface area contributed by atoms with Crippen LogP contribution in [0, 0.1) is 0 Å². The highest BCUT2D eigenvalue weighted by molar-refractivity contribution is 9.10. The molecule has 2 aromatic carbocycles. The van der Waals surface area contributed by atoms with Gasteiger partial charge in [-0.2, -0.15) is 0 Å². The Hall–Kier alpha value is -1.94. The van der Waals surface area contributed by atoms with E-state index in [1.54, 1.807) is 24.3 Å². The molecule has 0 aliphatic heterocycles. The Morgan fingerprint density at radius 2 is 1.52 bits per heavy atom. The summed E-state index contributed by atoms with van der Waals surface area (Å²) >= 11 is 3.38. The van der Waals surface area contributed by atoms with Crippen LogP contribution in [-0.4, -0.2) is 29.7 Å². The van der Waals surface area contributed by atoms with Crippen LogP contribution in [0.1, 0.15) is 58.4 Å². The van der Waals surface area contributed by atoms with Crippen molar-refractivity contribution in [3.63, 3.8) is 0 Å². The average Bonchev–Trinajstić information content (AvgIpc) is 2.67. The fourth-order valence-electron chi connectivity index (χ4n) is 3.45. The van der Waals surface area contributed by atoms with E-state index in [-0.39, 0.29) is 17.7 Å². The van der Waals surface area contributed by atoms with Crippen molar-refractivity contribution < 1.29 is 9.59 Å². The first-order valence-corrected chi connectivity index (χ1v) is 9.53. The number of halogens is 1. The number of amides is 1. The van der Waals surface area contributed by atoms with Crippen LogP contribution in [0.3, 0.4) is 0 Å². The van der Waals surface area contributed by atoms with Crippen LogP contribution >= 0.6 is 15.9 Å². The highest BCUT2D eigenvalue weighted by atomic mass is 79.9. The van der Waals surface area contributed by atoms with E-state index < -0.39 is 0 Å². The van der Waals surface area contributed by atoms with Crippen LogP contribution in [0.4, 0.5) is 0 Å². The molecule has 0 atom stereocenters. The zero-order valence-electron chi connectivity index (χ0n) is 14.4. The third-order valence-electron chi connectivity index (χ3n) is 4.95. The lowest BCUT2D eigenvalue weighted by atomic mass is 9.93. The standard InChI is InChI=1S/C21H22BrNO2/c1-23(17-7-3-2-4-8-17)21(25)19-10-6-5-9-18(19)20(24)15-11-13-16(22)14-12-15/h5-6,9-14,17H,2-4,7-8H2,1H3. The van der Waals surface area contributed by atoms with Gasteiger partial charge in [-0.25, -0.2) is 0 Å². The lowest BCUT2D eigenvalue weighted by Gasteiger charge is -2.31. The molecule has 0 N–H and O–H groups in total. The predicted octanol–water partition coefficient (Wildman–Crippen LogP) is 5.08. The van der Waals surface area contributed by atoms with Crippen molar-refractivity contribution in [2.45, 2.75) is 38.1 Å². The SMILES string of the molecule is CN(C(=O)c1ccccc1C(=O)c1ccc(Br)cc1)C1CCCCC1. The van der Waals surface area contributed by atoms with Gasteiger partial charge >= 0.3 is 0 Å². The van der Waals surface area contributed by atoms with E-state index in [1.165, 1.54) is 19.3 Å². The molecule has 0 aromatic heterocycles. The Balaban J connectivity index is 1.88. The molecule has 0 spiro atoms. The lowest BCUT2D eigenvalue weighted by Crippen LogP contribution is -2.38. The fraction of sp³-hybridized carbons (Fsp3) is 0.333. The van der Waals surface area contributed by atoms with E-state index in [2.05, 4.69) is 15.9 Å². The quantitative estimate of drug-likeness (QED) is 0.671. The maximum absolute atomic E-state index is 13.0. The number of ketones is 1. The number of benzene rings is 2. The Morgan fingerprint density at radius 1 is 0.920 bits per heavy atom. The van der Waals surface area contributed by atoms with Gasteiger partial charge in [0, 0.05) is 28.7 Å². The molecule has 3 nitrogen and oxygen atoms in total. The van der Waals surface area contributed by atoms with Crippen molar-refractivity contribution in [1.82, 2.24) is 4.90 Å². The lowest BCUT2D eigenvalue weighted by molar-refractivity contribution is 0.0692. The molecule has 1 aliphatic rings. The van der Waals surface area contributed by atoms with Crippen molar-refractivity contribution in [3.05, 3.63) is 69.7 Å². The van der Waals surface area contributed by atoms with Gasteiger partial charge in [-0.05, 0) is 43.2 Å². The number of nitrogens with zero attached hydrogens (tertiary/aromatic N) is 1. The summed E-state index contributed by atoms with van der Waals surface area (Å²) in [6.07, 6.45) is 5.68. The van der Waals surface area contributed by atoms with Crippen LogP contribution in [0.25, 0.3) is 0 Å². The molecule has 2 aromatic rings. The molecule has 130 valence electrons. The van der Waals surface area contributed by atoms with Gasteiger partial charge in [-0.3, -0.25) is 9.59 Å². The van der Waals surface area contributed by atoms with Gasteiger partial charge in [0.2, 0.25) is 0 Å². The number of carbonyl (C=O) groups excluding carboxylic acids is 2. The highest BCUT2D eigenvalue weighted by Crippen LogP contribution is 2.24. The van der Waals surface area contributed by atoms with Crippen molar-refractivity contribution in [2.75, 3.05) is 7.05 Å². The molecule has 0 radical (unpaired) electrons. The monoisotopic (exact) mass is 399 g/mol. The van der Waals surface area contributed by atoms with Gasteiger partial charge in [0.25, 0.3) is 5.91 Å². The van der Waals surface area contributed by atoms with Gasteiger partial charge in [0.05, 0.1) is 5.56 Å². The molecule has 0 unspecified atom stereocenters. The van der Waals surface area contributed by atoms with E-state index in [4.69, 9.17) is 0 Å². The Labute approximate surface area is 157 Å². The first kappa shape index (κ1) is 17.9. The predicted molar refractivity (Wildman–Crippen MR) is 103 cm³/mol. The van der Waals surface area contributed by atoms with Crippen LogP contribution < -0.4 is 0 Å². The first-order chi connectivity index (χ1) is 12.1. The number of carbonyl (C=O) groups is 2. The summed E-state index contributed by atoms with van der Waals surface area (Å²) in [5.74, 6) is -0.179. The minimum atomic E-state index is -0.117. The molecular formula is C21H22BrNO2. The van der Waals surface area contributed by atoms with Gasteiger partial charge in [-0.15, -0.1) is 0 Å². The summed E-state index contributed by atoms with van der Waals surface area (Å²) in [6.45, 7) is 0. The van der Waals surface area contributed by atoms with Crippen molar-refractivity contribution in [2.24, 2.45) is 0 Å². The second kappa shape index (κ2) is 7.96. The molecule has 0 bridgehead atoms. The summed E-state index contributed by atoms with van der Waals surface area (Å²) in [6, 6.07) is 14.6. The Morgan fingerprint density at radius 3 is 2.16 bits per heavy atom. The zero-order chi connectivity index (χ0) is 17.8. The first-order valence-electron chi connectivity index (χ1n) is 8.74. The summed E-state index contributed by atoms with van der Waals surface area (Å²) in [5.41, 5.74) is 1.55. The van der Waals surface area contributed by atoms with Crippen molar-refractivity contribution in [3.8, 4) is 0 Å². The van der Waals surface area contributed by atoms with Crippen LogP contribution in [0.5, 0.6) is 0 Å². The summed E-state index contributed by atoms with van der Waals surface area (Å²) in [4.78, 5) is 27.7. The van der Waals surface area contributed by atoms with Gasteiger partial charge < -0.3 is 4.90 Å². The summed E-state index contributed by atoms with van der Waals surface area (Å²) < 4.78 is 0.922. The smallest absolute Gasteiger partial charge is 0.254 e. The second-order valence-electron chi connectivity index (χ2n) is 6.59. The largest absolute Gasteiger partial charge is 0.339 e. The summed E-state index contributed by atoms with van der Waals surface area (Å²) in [7, 11) is 1.86. The molecule has 0 heterocycles. The third-order valence-corrected chi connectivity index (χ3v) is 5.48. The Kier molecular flexibility index (Phi) is 5.69. The molecular weight excluding hydrogens is 378 g/mol. The maximum atomic E-state index is 13.0. The van der Waals surface area contributed by atoms with E-state index >= 15 is 0 Å². The molecule has 1 fully saturated rings. The number of hydrogen-bond acceptors (Lipinski definition) is 2. The van der Waals surface area contributed by atoms with Crippen molar-refractivity contribution >= 4 is 27.6 Å². The zero-order valence-corrected chi connectivity index (χ0v) is 16.0. The van der Waals surface area contributed by atoms with E-state index in [0.29, 0.717) is 16.7 Å². The minimum absolute atomic E-state index is 0.0621. The second-order valence-corrected chi connectivity index (χ2v) is 7.51. The molecule has 1 amide bonds. The molecule has 1 saturated carbocycles. The molecule has 25 heavy (non-hydrogen) atoms. The number of rotatable bonds is 4. The van der Waals surface area contributed by atoms with E-state index in [9.17, 15) is 9.59 Å². The van der Waals surface area contributed by atoms with Crippen LogP contribution in [0.15, 0.2) is 53.0 Å². The number of hydrogen-bond donors (Lipinski definition) is 0. The van der Waals surface area contributed by atoms with Gasteiger partial charge in [0.1, 0.15) is 0 Å². The minimum Gasteiger partial charge on any atom is -0.339 e. The van der Waals surface area contributed by atoms with Crippen LogP contribution in [-0.2, 0) is 0 Å². The Bertz CT molecular complexity index is 764. The topological polar surface area (TPSA) is 37.4 Å². The average molecular weight is 400 g/mol. The maximum Gasteiger partial charge on any atom is 0.254 e. The van der Waals surface area contributed by atoms with E-state index in [0.717, 1.165) is 17.3 Å². The molecule has 0 saturated heterocycles. The van der Waals surface area contributed by atoms with Crippen molar-refractivity contribution in [1.29, 1.82) is 0 Å². The summed E-state index contributed by atoms with van der Waals surface area (Å²) in [5, 5.41) is 0. The third kappa shape index (κ3) is 4.01. The molecule has 4 heteroatoms. The van der Waals surface area contributed by atoms with Gasteiger partial charge in [-0.1, -0.05) is 53.4 Å². The molecule has 3 rings (SSSR count). The normalized spacial score (nSPS) is 15.0. The van der Waals surface area contributed by atoms with Gasteiger partial charge in [0.15, 0.2) is 5.78 Å². The fourth-order valence-corrected chi connectivity index (χ4v) is 3.71. The van der Waals surface area contributed by atoms with E-state index in [1.807, 2.05) is 36.2 Å². The highest BCUT2D eigenvalue weighted by Gasteiger charge is 2.26. The van der Waals surface area contributed by atoms with Crippen LogP contribution in [0.2, 0.25) is 0 Å². The molecule has 1 aliphatic carbocycles.